The molecule has 0 aliphatic carbocycles. The predicted octanol–water partition coefficient (Wildman–Crippen LogP) is 3.64. The molecule has 110 valence electrons. The van der Waals surface area contributed by atoms with E-state index in [9.17, 15) is 9.90 Å². The summed E-state index contributed by atoms with van der Waals surface area (Å²) in [5.74, 6) is -0.346. The van der Waals surface area contributed by atoms with Crippen molar-refractivity contribution >= 4 is 29.1 Å². The van der Waals surface area contributed by atoms with Crippen LogP contribution in [0, 0.1) is 0 Å². The second-order valence-electron chi connectivity index (χ2n) is 4.29. The molecule has 1 amide bonds. The average molecular weight is 326 g/mol. The molecule has 0 saturated carbocycles. The summed E-state index contributed by atoms with van der Waals surface area (Å²) in [5, 5.41) is 13.5. The number of hydrogen-bond acceptors (Lipinski definition) is 3. The van der Waals surface area contributed by atoms with Gasteiger partial charge in [0.05, 0.1) is 22.7 Å². The predicted molar refractivity (Wildman–Crippen MR) is 82.3 cm³/mol. The van der Waals surface area contributed by atoms with Crippen molar-refractivity contribution in [1.29, 1.82) is 0 Å². The number of methoxy groups -OCH3 is 1. The molecule has 0 aromatic heterocycles. The van der Waals surface area contributed by atoms with Gasteiger partial charge in [0.2, 0.25) is 0 Å². The molecule has 0 fully saturated rings. The van der Waals surface area contributed by atoms with Gasteiger partial charge in [0.15, 0.2) is 11.5 Å². The van der Waals surface area contributed by atoms with Gasteiger partial charge < -0.3 is 15.2 Å². The lowest BCUT2D eigenvalue weighted by atomic mass is 10.1. The number of carbonyl (C=O) groups is 1. The van der Waals surface area contributed by atoms with Crippen LogP contribution in [0.3, 0.4) is 0 Å². The second kappa shape index (κ2) is 6.70. The van der Waals surface area contributed by atoms with Crippen molar-refractivity contribution in [1.82, 2.24) is 5.32 Å². The van der Waals surface area contributed by atoms with E-state index in [0.717, 1.165) is 5.56 Å². The van der Waals surface area contributed by atoms with Crippen LogP contribution >= 0.6 is 23.2 Å². The summed E-state index contributed by atoms with van der Waals surface area (Å²) in [5.41, 5.74) is 0.953. The lowest BCUT2D eigenvalue weighted by molar-refractivity contribution is 0.0947. The maximum absolute atomic E-state index is 12.1. The van der Waals surface area contributed by atoms with Crippen LogP contribution in [0.15, 0.2) is 36.4 Å². The van der Waals surface area contributed by atoms with Gasteiger partial charge >= 0.3 is 0 Å². The highest BCUT2D eigenvalue weighted by atomic mass is 35.5. The highest BCUT2D eigenvalue weighted by molar-refractivity contribution is 6.42. The van der Waals surface area contributed by atoms with E-state index >= 15 is 0 Å². The van der Waals surface area contributed by atoms with Crippen LogP contribution in [0.25, 0.3) is 0 Å². The first kappa shape index (κ1) is 15.5. The molecule has 2 N–H and O–H groups in total. The minimum Gasteiger partial charge on any atom is -0.504 e. The smallest absolute Gasteiger partial charge is 0.255 e. The summed E-state index contributed by atoms with van der Waals surface area (Å²) in [6, 6.07) is 9.82. The Bertz CT molecular complexity index is 674. The standard InChI is InChI=1S/C15H13Cl2NO3/c1-21-13-4-2-3-10(14(13)19)15(20)18-8-9-5-6-11(16)12(17)7-9/h2-7,19H,8H2,1H3,(H,18,20). The van der Waals surface area contributed by atoms with E-state index in [2.05, 4.69) is 5.32 Å². The van der Waals surface area contributed by atoms with Crippen LogP contribution in [0.2, 0.25) is 10.0 Å². The molecule has 0 radical (unpaired) electrons. The van der Waals surface area contributed by atoms with Gasteiger partial charge in [0, 0.05) is 6.54 Å². The summed E-state index contributed by atoms with van der Waals surface area (Å²) in [7, 11) is 1.42. The Hall–Kier alpha value is -1.91. The molecule has 0 aliphatic rings. The Balaban J connectivity index is 2.10. The first-order valence-electron chi connectivity index (χ1n) is 6.11. The summed E-state index contributed by atoms with van der Waals surface area (Å²) in [4.78, 5) is 12.1. The van der Waals surface area contributed by atoms with Crippen molar-refractivity contribution in [3.8, 4) is 11.5 Å². The third-order valence-corrected chi connectivity index (χ3v) is 3.64. The first-order valence-corrected chi connectivity index (χ1v) is 6.86. The van der Waals surface area contributed by atoms with Gasteiger partial charge in [-0.3, -0.25) is 4.79 Å². The number of aromatic hydroxyl groups is 1. The van der Waals surface area contributed by atoms with E-state index in [1.54, 1.807) is 30.3 Å². The van der Waals surface area contributed by atoms with Crippen molar-refractivity contribution in [3.63, 3.8) is 0 Å². The van der Waals surface area contributed by atoms with E-state index in [1.807, 2.05) is 0 Å². The van der Waals surface area contributed by atoms with Crippen molar-refractivity contribution in [2.75, 3.05) is 7.11 Å². The Labute approximate surface area is 132 Å². The Kier molecular flexibility index (Phi) is 4.94. The second-order valence-corrected chi connectivity index (χ2v) is 5.10. The molecule has 6 heteroatoms. The molecule has 0 bridgehead atoms. The molecule has 0 spiro atoms. The maximum atomic E-state index is 12.1. The first-order chi connectivity index (χ1) is 10.0. The minimum atomic E-state index is -0.405. The molecule has 2 aromatic carbocycles. The Morgan fingerprint density at radius 3 is 2.67 bits per heavy atom. The topological polar surface area (TPSA) is 58.6 Å². The summed E-state index contributed by atoms with van der Waals surface area (Å²) >= 11 is 11.7. The number of phenolic OH excluding ortho intramolecular Hbond substituents is 1. The van der Waals surface area contributed by atoms with E-state index in [1.165, 1.54) is 13.2 Å². The van der Waals surface area contributed by atoms with Gasteiger partial charge in [-0.2, -0.15) is 0 Å². The molecule has 2 aromatic rings. The quantitative estimate of drug-likeness (QED) is 0.902. The van der Waals surface area contributed by atoms with E-state index in [-0.39, 0.29) is 23.6 Å². The Morgan fingerprint density at radius 1 is 1.24 bits per heavy atom. The fraction of sp³-hybridized carbons (Fsp3) is 0.133. The van der Waals surface area contributed by atoms with Crippen LogP contribution in [0.1, 0.15) is 15.9 Å². The van der Waals surface area contributed by atoms with E-state index < -0.39 is 5.91 Å². The number of phenols is 1. The number of halogens is 2. The zero-order valence-corrected chi connectivity index (χ0v) is 12.7. The van der Waals surface area contributed by atoms with Crippen LogP contribution in [0.4, 0.5) is 0 Å². The molecular formula is C15H13Cl2NO3. The molecule has 0 aliphatic heterocycles. The Morgan fingerprint density at radius 2 is 2.00 bits per heavy atom. The molecule has 0 unspecified atom stereocenters. The van der Waals surface area contributed by atoms with Gasteiger partial charge in [-0.05, 0) is 29.8 Å². The van der Waals surface area contributed by atoms with E-state index in [4.69, 9.17) is 27.9 Å². The van der Waals surface area contributed by atoms with E-state index in [0.29, 0.717) is 10.0 Å². The third kappa shape index (κ3) is 3.60. The average Bonchev–Trinajstić information content (AvgIpc) is 2.48. The van der Waals surface area contributed by atoms with Crippen molar-refractivity contribution in [2.24, 2.45) is 0 Å². The summed E-state index contributed by atoms with van der Waals surface area (Å²) in [6.07, 6.45) is 0. The lowest BCUT2D eigenvalue weighted by Gasteiger charge is -2.10. The number of nitrogens with one attached hydrogen (secondary N) is 1. The van der Waals surface area contributed by atoms with Gasteiger partial charge in [0.25, 0.3) is 5.91 Å². The number of rotatable bonds is 4. The van der Waals surface area contributed by atoms with Gasteiger partial charge in [-0.25, -0.2) is 0 Å². The summed E-state index contributed by atoms with van der Waals surface area (Å²) in [6.45, 7) is 0.270. The monoisotopic (exact) mass is 325 g/mol. The van der Waals surface area contributed by atoms with Gasteiger partial charge in [-0.15, -0.1) is 0 Å². The van der Waals surface area contributed by atoms with Crippen LogP contribution in [-0.2, 0) is 6.54 Å². The zero-order valence-electron chi connectivity index (χ0n) is 11.2. The van der Waals surface area contributed by atoms with Crippen LogP contribution in [0.5, 0.6) is 11.5 Å². The number of benzene rings is 2. The lowest BCUT2D eigenvalue weighted by Crippen LogP contribution is -2.22. The molecule has 4 nitrogen and oxygen atoms in total. The van der Waals surface area contributed by atoms with Crippen LogP contribution < -0.4 is 10.1 Å². The molecule has 0 atom stereocenters. The molecule has 21 heavy (non-hydrogen) atoms. The molecule has 0 saturated heterocycles. The molecule has 2 rings (SSSR count). The fourth-order valence-electron chi connectivity index (χ4n) is 1.80. The number of carbonyl (C=O) groups excluding carboxylic acids is 1. The normalized spacial score (nSPS) is 10.2. The number of para-hydroxylation sites is 1. The highest BCUT2D eigenvalue weighted by Gasteiger charge is 2.14. The van der Waals surface area contributed by atoms with Gasteiger partial charge in [0.1, 0.15) is 0 Å². The number of amides is 1. The minimum absolute atomic E-state index is 0.148. The van der Waals surface area contributed by atoms with Gasteiger partial charge in [-0.1, -0.05) is 35.3 Å². The maximum Gasteiger partial charge on any atom is 0.255 e. The van der Waals surface area contributed by atoms with Crippen molar-refractivity contribution < 1.29 is 14.6 Å². The molecule has 0 heterocycles. The summed E-state index contributed by atoms with van der Waals surface area (Å²) < 4.78 is 4.97. The van der Waals surface area contributed by atoms with Crippen molar-refractivity contribution in [2.45, 2.75) is 6.54 Å². The number of ether oxygens (including phenoxy) is 1. The third-order valence-electron chi connectivity index (χ3n) is 2.90. The number of hydrogen-bond donors (Lipinski definition) is 2. The zero-order chi connectivity index (χ0) is 15.4. The van der Waals surface area contributed by atoms with Crippen LogP contribution in [-0.4, -0.2) is 18.1 Å². The van der Waals surface area contributed by atoms with Crippen molar-refractivity contribution in [3.05, 3.63) is 57.6 Å². The molecular weight excluding hydrogens is 313 g/mol. The highest BCUT2D eigenvalue weighted by Crippen LogP contribution is 2.29. The largest absolute Gasteiger partial charge is 0.504 e. The SMILES string of the molecule is COc1cccc(C(=O)NCc2ccc(Cl)c(Cl)c2)c1O. The fourth-order valence-corrected chi connectivity index (χ4v) is 2.12.